The number of methoxy groups -OCH3 is 1. The number of carbonyl (C=O) groups excluding carboxylic acids is 1. The predicted octanol–water partition coefficient (Wildman–Crippen LogP) is 4.56. The zero-order valence-corrected chi connectivity index (χ0v) is 13.2. The summed E-state index contributed by atoms with van der Waals surface area (Å²) in [5.41, 5.74) is -4.01. The van der Waals surface area contributed by atoms with Gasteiger partial charge in [-0.25, -0.2) is 0 Å². The molecule has 0 radical (unpaired) electrons. The van der Waals surface area contributed by atoms with Crippen LogP contribution in [0.15, 0.2) is 36.3 Å². The molecule has 0 saturated heterocycles. The van der Waals surface area contributed by atoms with Gasteiger partial charge in [-0.3, -0.25) is 4.79 Å². The van der Waals surface area contributed by atoms with Gasteiger partial charge < -0.3 is 9.47 Å². The average molecular weight is 324 g/mol. The van der Waals surface area contributed by atoms with Crippen molar-refractivity contribution >= 4 is 5.97 Å². The van der Waals surface area contributed by atoms with Gasteiger partial charge in [0.15, 0.2) is 0 Å². The monoisotopic (exact) mass is 324 g/mol. The zero-order valence-electron chi connectivity index (χ0n) is 25.2. The van der Waals surface area contributed by atoms with E-state index in [9.17, 15) is 4.79 Å². The summed E-state index contributed by atoms with van der Waals surface area (Å²) in [6.45, 7) is -2.35. The van der Waals surface area contributed by atoms with Crippen molar-refractivity contribution in [1.82, 2.24) is 0 Å². The Bertz CT molecular complexity index is 1200. The molecule has 0 aliphatic heterocycles. The number of carbonyl (C=O) groups is 1. The van der Waals surface area contributed by atoms with Gasteiger partial charge in [-0.05, 0) is 48.0 Å². The maximum Gasteiger partial charge on any atom is 0.308 e. The van der Waals surface area contributed by atoms with Crippen LogP contribution in [-0.4, -0.2) is 13.1 Å². The van der Waals surface area contributed by atoms with E-state index in [2.05, 4.69) is 0 Å². The van der Waals surface area contributed by atoms with Gasteiger partial charge in [0.2, 0.25) is 0 Å². The molecule has 0 aromatic heterocycles. The maximum atomic E-state index is 11.5. The third-order valence-electron chi connectivity index (χ3n) is 3.26. The molecular formula is C20H24O3. The van der Waals surface area contributed by atoms with E-state index < -0.39 is 89.5 Å². The third-order valence-corrected chi connectivity index (χ3v) is 3.26. The highest BCUT2D eigenvalue weighted by Crippen LogP contribution is 2.35. The molecule has 0 N–H and O–H groups in total. The first kappa shape index (κ1) is 7.08. The van der Waals surface area contributed by atoms with Crippen molar-refractivity contribution in [2.75, 3.05) is 7.11 Å². The molecule has 122 valence electrons. The molecule has 23 heavy (non-hydrogen) atoms. The van der Waals surface area contributed by atoms with E-state index in [1.165, 1.54) is 13.8 Å². The molecule has 0 fully saturated rings. The highest BCUT2D eigenvalue weighted by molar-refractivity contribution is 5.69. The lowest BCUT2D eigenvalue weighted by Gasteiger charge is -2.27. The van der Waals surface area contributed by atoms with Crippen LogP contribution < -0.4 is 9.47 Å². The number of hydrogen-bond acceptors (Lipinski definition) is 3. The Balaban J connectivity index is 3.13. The molecule has 0 aliphatic carbocycles. The van der Waals surface area contributed by atoms with Crippen molar-refractivity contribution in [2.45, 2.75) is 39.9 Å². The molecule has 2 aromatic carbocycles. The Hall–Kier alpha value is -2.29. The second-order valence-electron chi connectivity index (χ2n) is 5.33. The van der Waals surface area contributed by atoms with Crippen LogP contribution in [0.4, 0.5) is 0 Å². The maximum absolute atomic E-state index is 11.5. The molecule has 0 aliphatic rings. The van der Waals surface area contributed by atoms with Gasteiger partial charge in [0.05, 0.1) is 15.3 Å². The Morgan fingerprint density at radius 1 is 1.04 bits per heavy atom. The first-order chi connectivity index (χ1) is 15.7. The van der Waals surface area contributed by atoms with E-state index in [-0.39, 0.29) is 5.56 Å². The minimum Gasteiger partial charge on any atom is -0.496 e. The van der Waals surface area contributed by atoms with Gasteiger partial charge >= 0.3 is 5.97 Å². The van der Waals surface area contributed by atoms with Gasteiger partial charge in [0.25, 0.3) is 0 Å². The van der Waals surface area contributed by atoms with Gasteiger partial charge in [-0.2, -0.15) is 0 Å². The summed E-state index contributed by atoms with van der Waals surface area (Å²) in [6.07, 6.45) is 0. The Labute approximate surface area is 155 Å². The smallest absolute Gasteiger partial charge is 0.308 e. The second kappa shape index (κ2) is 6.45. The molecule has 0 spiro atoms. The standard InChI is InChI=1S/C20H24O3/c1-13-11-16(7-9-18(13)22-6)20(4,5)17-8-10-19(14(2)12-17)23-15(3)21/h7-12H,1-6H3/i1D3,2D3,7D,8D,9D,10D,11D,12D. The van der Waals surface area contributed by atoms with Crippen LogP contribution in [0.3, 0.4) is 0 Å². The highest BCUT2D eigenvalue weighted by Gasteiger charge is 2.24. The lowest BCUT2D eigenvalue weighted by molar-refractivity contribution is -0.131. The van der Waals surface area contributed by atoms with E-state index in [0.29, 0.717) is 0 Å². The number of esters is 1. The number of ether oxygens (including phenoxy) is 2. The Morgan fingerprint density at radius 3 is 2.04 bits per heavy atom. The lowest BCUT2D eigenvalue weighted by Crippen LogP contribution is -2.19. The summed E-state index contributed by atoms with van der Waals surface area (Å²) in [7, 11) is 1.10. The van der Waals surface area contributed by atoms with Crippen molar-refractivity contribution in [2.24, 2.45) is 0 Å². The SMILES string of the molecule is [2H]c1c([2H])c(C(C)(C)c2c([2H])c([2H])c(OC(C)=O)c(C([2H])([2H])[2H])c2[2H])c([2H])c(C([2H])([2H])[2H])c1OC. The van der Waals surface area contributed by atoms with Crippen molar-refractivity contribution in [3.05, 3.63) is 58.5 Å². The molecule has 0 amide bonds. The van der Waals surface area contributed by atoms with Gasteiger partial charge in [-0.15, -0.1) is 0 Å². The number of hydrogen-bond donors (Lipinski definition) is 0. The topological polar surface area (TPSA) is 35.5 Å². The molecule has 0 saturated carbocycles. The van der Waals surface area contributed by atoms with Crippen molar-refractivity contribution in [3.63, 3.8) is 0 Å². The first-order valence-electron chi connectivity index (χ1n) is 12.7. The minimum atomic E-state index is -3.05. The summed E-state index contributed by atoms with van der Waals surface area (Å²) >= 11 is 0. The van der Waals surface area contributed by atoms with Gasteiger partial charge in [-0.1, -0.05) is 38.0 Å². The Kier molecular flexibility index (Phi) is 1.99. The van der Waals surface area contributed by atoms with Crippen LogP contribution in [-0.2, 0) is 10.2 Å². The van der Waals surface area contributed by atoms with Crippen molar-refractivity contribution < 1.29 is 30.7 Å². The van der Waals surface area contributed by atoms with Crippen molar-refractivity contribution in [1.29, 1.82) is 0 Å². The molecule has 0 heterocycles. The molecule has 2 aromatic rings. The van der Waals surface area contributed by atoms with Gasteiger partial charge in [0, 0.05) is 20.6 Å². The summed E-state index contributed by atoms with van der Waals surface area (Å²) in [6, 6.07) is -4.26. The zero-order chi connectivity index (χ0) is 27.4. The van der Waals surface area contributed by atoms with Crippen LogP contribution >= 0.6 is 0 Å². The minimum absolute atomic E-state index is 0.368. The summed E-state index contributed by atoms with van der Waals surface area (Å²) < 4.78 is 108. The van der Waals surface area contributed by atoms with Crippen LogP contribution in [0.5, 0.6) is 11.5 Å². The van der Waals surface area contributed by atoms with E-state index in [1.807, 2.05) is 0 Å². The quantitative estimate of drug-likeness (QED) is 0.611. The second-order valence-corrected chi connectivity index (χ2v) is 5.33. The molecule has 3 heteroatoms. The third kappa shape index (κ3) is 3.55. The van der Waals surface area contributed by atoms with Crippen LogP contribution in [0, 0.1) is 13.7 Å². The van der Waals surface area contributed by atoms with Crippen LogP contribution in [0.25, 0.3) is 0 Å². The molecule has 3 nitrogen and oxygen atoms in total. The lowest BCUT2D eigenvalue weighted by atomic mass is 9.77. The fourth-order valence-corrected chi connectivity index (χ4v) is 1.91. The number of rotatable bonds is 4. The first-order valence-corrected chi connectivity index (χ1v) is 6.72. The fourth-order valence-electron chi connectivity index (χ4n) is 1.91. The molecular weight excluding hydrogens is 288 g/mol. The van der Waals surface area contributed by atoms with E-state index in [4.69, 9.17) is 25.9 Å². The average Bonchev–Trinajstić information content (AvgIpc) is 2.65. The highest BCUT2D eigenvalue weighted by atomic mass is 16.5. The normalized spacial score (nSPS) is 19.8. The van der Waals surface area contributed by atoms with E-state index >= 15 is 0 Å². The van der Waals surface area contributed by atoms with E-state index in [1.54, 1.807) is 0 Å². The molecule has 0 atom stereocenters. The molecule has 0 bridgehead atoms. The van der Waals surface area contributed by atoms with Crippen LogP contribution in [0.1, 0.15) is 59.5 Å². The van der Waals surface area contributed by atoms with Crippen LogP contribution in [0.2, 0.25) is 0 Å². The molecule has 2 rings (SSSR count). The molecule has 0 unspecified atom stereocenters. The summed E-state index contributed by atoms with van der Waals surface area (Å²) in [4.78, 5) is 11.5. The number of benzene rings is 2. The Morgan fingerprint density at radius 2 is 1.57 bits per heavy atom. The summed E-state index contributed by atoms with van der Waals surface area (Å²) in [5, 5.41) is 0. The largest absolute Gasteiger partial charge is 0.496 e. The van der Waals surface area contributed by atoms with E-state index in [0.717, 1.165) is 14.0 Å². The van der Waals surface area contributed by atoms with Gasteiger partial charge in [0.1, 0.15) is 11.5 Å². The predicted molar refractivity (Wildman–Crippen MR) is 92.3 cm³/mol. The fraction of sp³-hybridized carbons (Fsp3) is 0.350. The van der Waals surface area contributed by atoms with Crippen molar-refractivity contribution in [3.8, 4) is 11.5 Å². The summed E-state index contributed by atoms with van der Waals surface area (Å²) in [5.74, 6) is -2.23.